The molecule has 0 aliphatic carbocycles. The van der Waals surface area contributed by atoms with Gasteiger partial charge in [-0.25, -0.2) is 4.98 Å². The fourth-order valence-electron chi connectivity index (χ4n) is 4.43. The summed E-state index contributed by atoms with van der Waals surface area (Å²) in [4.78, 5) is 34.0. The van der Waals surface area contributed by atoms with Crippen LogP contribution in [0.1, 0.15) is 28.8 Å². The zero-order valence-corrected chi connectivity index (χ0v) is 18.7. The number of carbonyl (C=O) groups is 1. The summed E-state index contributed by atoms with van der Waals surface area (Å²) >= 11 is 0. The van der Waals surface area contributed by atoms with E-state index < -0.39 is 0 Å². The molecule has 3 aromatic rings. The number of methoxy groups -OCH3 is 1. The lowest BCUT2D eigenvalue weighted by Crippen LogP contribution is -2.41. The van der Waals surface area contributed by atoms with Crippen LogP contribution in [0.5, 0.6) is 5.75 Å². The first-order valence-electron chi connectivity index (χ1n) is 11.1. The van der Waals surface area contributed by atoms with Gasteiger partial charge in [0.2, 0.25) is 0 Å². The molecule has 0 unspecified atom stereocenters. The van der Waals surface area contributed by atoms with Crippen molar-refractivity contribution in [2.45, 2.75) is 19.3 Å². The van der Waals surface area contributed by atoms with Crippen LogP contribution in [0.4, 0.5) is 0 Å². The molecule has 32 heavy (non-hydrogen) atoms. The van der Waals surface area contributed by atoms with Crippen LogP contribution < -0.4 is 10.3 Å². The van der Waals surface area contributed by atoms with Gasteiger partial charge in [0.1, 0.15) is 17.0 Å². The van der Waals surface area contributed by atoms with E-state index in [2.05, 4.69) is 16.0 Å². The Morgan fingerprint density at radius 3 is 2.69 bits per heavy atom. The Kier molecular flexibility index (Phi) is 6.85. The van der Waals surface area contributed by atoms with Crippen LogP contribution in [0.3, 0.4) is 0 Å². The molecule has 168 valence electrons. The molecule has 1 aromatic carbocycles. The maximum Gasteiger partial charge on any atom is 0.270 e. The Balaban J connectivity index is 1.30. The number of pyridine rings is 1. The van der Waals surface area contributed by atoms with Gasteiger partial charge in [0.15, 0.2) is 0 Å². The van der Waals surface area contributed by atoms with Crippen molar-refractivity contribution in [3.8, 4) is 5.75 Å². The van der Waals surface area contributed by atoms with Crippen molar-refractivity contribution in [2.24, 2.45) is 5.92 Å². The van der Waals surface area contributed by atoms with Gasteiger partial charge in [-0.3, -0.25) is 14.0 Å². The highest BCUT2D eigenvalue weighted by atomic mass is 16.5. The minimum Gasteiger partial charge on any atom is -0.496 e. The van der Waals surface area contributed by atoms with Crippen LogP contribution in [0.25, 0.3) is 5.65 Å². The molecule has 0 saturated carbocycles. The second-order valence-electron chi connectivity index (χ2n) is 8.44. The molecule has 0 bridgehead atoms. The number of amides is 1. The fourth-order valence-corrected chi connectivity index (χ4v) is 4.43. The van der Waals surface area contributed by atoms with Crippen molar-refractivity contribution in [1.82, 2.24) is 19.2 Å². The maximum absolute atomic E-state index is 12.9. The summed E-state index contributed by atoms with van der Waals surface area (Å²) in [6.45, 7) is 3.68. The Bertz CT molecular complexity index is 1140. The number of piperidine rings is 1. The molecule has 1 aliphatic rings. The zero-order chi connectivity index (χ0) is 22.5. The molecule has 0 atom stereocenters. The maximum atomic E-state index is 12.9. The third-order valence-electron chi connectivity index (χ3n) is 6.32. The molecular weight excluding hydrogens is 404 g/mol. The van der Waals surface area contributed by atoms with Crippen LogP contribution >= 0.6 is 0 Å². The summed E-state index contributed by atoms with van der Waals surface area (Å²) < 4.78 is 6.87. The van der Waals surface area contributed by atoms with Gasteiger partial charge in [-0.05, 0) is 62.0 Å². The number of para-hydroxylation sites is 1. The predicted octanol–water partition coefficient (Wildman–Crippen LogP) is 2.73. The zero-order valence-electron chi connectivity index (χ0n) is 18.7. The Morgan fingerprint density at radius 2 is 1.91 bits per heavy atom. The van der Waals surface area contributed by atoms with Crippen molar-refractivity contribution in [3.63, 3.8) is 0 Å². The van der Waals surface area contributed by atoms with Crippen molar-refractivity contribution >= 4 is 11.6 Å². The van der Waals surface area contributed by atoms with E-state index in [0.29, 0.717) is 18.1 Å². The predicted molar refractivity (Wildman–Crippen MR) is 124 cm³/mol. The molecule has 0 spiro atoms. The standard InChI is InChI=1S/C25H30N4O3/c1-27(24(30)21-17-26-23-9-5-6-13-29(23)25(21)31)18-19-10-14-28(15-11-19)16-12-20-7-3-4-8-22(20)32-2/h3-9,13,17,19H,10-12,14-16,18H2,1-2H3. The van der Waals surface area contributed by atoms with Crippen molar-refractivity contribution < 1.29 is 9.53 Å². The van der Waals surface area contributed by atoms with Crippen molar-refractivity contribution in [1.29, 1.82) is 0 Å². The van der Waals surface area contributed by atoms with Gasteiger partial charge in [0.05, 0.1) is 7.11 Å². The first-order valence-corrected chi connectivity index (χ1v) is 11.1. The van der Waals surface area contributed by atoms with Gasteiger partial charge in [-0.2, -0.15) is 0 Å². The summed E-state index contributed by atoms with van der Waals surface area (Å²) in [6.07, 6.45) is 6.09. The molecule has 0 N–H and O–H groups in total. The lowest BCUT2D eigenvalue weighted by Gasteiger charge is -2.34. The second kappa shape index (κ2) is 9.96. The minimum absolute atomic E-state index is 0.116. The molecule has 7 heteroatoms. The number of likely N-dealkylation sites (tertiary alicyclic amines) is 1. The lowest BCUT2D eigenvalue weighted by atomic mass is 9.95. The Labute approximate surface area is 188 Å². The average molecular weight is 435 g/mol. The fraction of sp³-hybridized carbons (Fsp3) is 0.400. The third-order valence-corrected chi connectivity index (χ3v) is 6.32. The monoisotopic (exact) mass is 434 g/mol. The number of ether oxygens (including phenoxy) is 1. The van der Waals surface area contributed by atoms with E-state index in [0.717, 1.165) is 44.6 Å². The summed E-state index contributed by atoms with van der Waals surface area (Å²) in [5, 5.41) is 0. The SMILES string of the molecule is COc1ccccc1CCN1CCC(CN(C)C(=O)c2cnc3ccccn3c2=O)CC1. The quantitative estimate of drug-likeness (QED) is 0.572. The number of fused-ring (bicyclic) bond motifs is 1. The number of nitrogens with zero attached hydrogens (tertiary/aromatic N) is 4. The summed E-state index contributed by atoms with van der Waals surface area (Å²) in [5.41, 5.74) is 1.57. The molecule has 2 aromatic heterocycles. The Morgan fingerprint density at radius 1 is 1.16 bits per heavy atom. The van der Waals surface area contributed by atoms with E-state index in [-0.39, 0.29) is 17.0 Å². The van der Waals surface area contributed by atoms with Crippen LogP contribution in [-0.4, -0.2) is 65.4 Å². The topological polar surface area (TPSA) is 67.2 Å². The molecule has 0 radical (unpaired) electrons. The molecular formula is C25H30N4O3. The number of rotatable bonds is 7. The van der Waals surface area contributed by atoms with Gasteiger partial charge in [-0.1, -0.05) is 24.3 Å². The van der Waals surface area contributed by atoms with E-state index >= 15 is 0 Å². The smallest absolute Gasteiger partial charge is 0.270 e. The third kappa shape index (κ3) is 4.83. The molecule has 3 heterocycles. The van der Waals surface area contributed by atoms with Gasteiger partial charge in [0.25, 0.3) is 11.5 Å². The van der Waals surface area contributed by atoms with Gasteiger partial charge in [0, 0.05) is 32.5 Å². The van der Waals surface area contributed by atoms with Crippen molar-refractivity contribution in [2.75, 3.05) is 40.3 Å². The highest BCUT2D eigenvalue weighted by Gasteiger charge is 2.24. The number of aromatic nitrogens is 2. The number of hydrogen-bond donors (Lipinski definition) is 0. The van der Waals surface area contributed by atoms with E-state index in [4.69, 9.17) is 4.74 Å². The van der Waals surface area contributed by atoms with Crippen molar-refractivity contribution in [3.05, 3.63) is 76.3 Å². The van der Waals surface area contributed by atoms with Crippen LogP contribution in [0, 0.1) is 5.92 Å². The van der Waals surface area contributed by atoms with Gasteiger partial charge < -0.3 is 14.5 Å². The second-order valence-corrected chi connectivity index (χ2v) is 8.44. The molecule has 1 fully saturated rings. The number of benzene rings is 1. The highest BCUT2D eigenvalue weighted by Crippen LogP contribution is 2.21. The van der Waals surface area contributed by atoms with Crippen LogP contribution in [0.15, 0.2) is 59.7 Å². The van der Waals surface area contributed by atoms with E-state index in [1.807, 2.05) is 24.3 Å². The lowest BCUT2D eigenvalue weighted by molar-refractivity contribution is 0.0738. The number of hydrogen-bond acceptors (Lipinski definition) is 5. The molecule has 7 nitrogen and oxygen atoms in total. The molecule has 1 aliphatic heterocycles. The van der Waals surface area contributed by atoms with Crippen LogP contribution in [0.2, 0.25) is 0 Å². The first-order chi connectivity index (χ1) is 15.6. The van der Waals surface area contributed by atoms with Crippen LogP contribution in [-0.2, 0) is 6.42 Å². The molecule has 4 rings (SSSR count). The minimum atomic E-state index is -0.321. The highest BCUT2D eigenvalue weighted by molar-refractivity contribution is 5.93. The van der Waals surface area contributed by atoms with Gasteiger partial charge in [-0.15, -0.1) is 0 Å². The number of carbonyl (C=O) groups excluding carboxylic acids is 1. The largest absolute Gasteiger partial charge is 0.496 e. The molecule has 1 saturated heterocycles. The normalized spacial score (nSPS) is 15.1. The van der Waals surface area contributed by atoms with E-state index in [1.165, 1.54) is 16.2 Å². The molecule has 1 amide bonds. The summed E-state index contributed by atoms with van der Waals surface area (Å²) in [5.74, 6) is 1.11. The first kappa shape index (κ1) is 22.0. The average Bonchev–Trinajstić information content (AvgIpc) is 2.83. The van der Waals surface area contributed by atoms with E-state index in [1.54, 1.807) is 37.4 Å². The van der Waals surface area contributed by atoms with E-state index in [9.17, 15) is 9.59 Å². The Hall–Kier alpha value is -3.19. The van der Waals surface area contributed by atoms with Gasteiger partial charge >= 0.3 is 0 Å². The summed E-state index contributed by atoms with van der Waals surface area (Å²) in [6, 6.07) is 13.5. The summed E-state index contributed by atoms with van der Waals surface area (Å²) in [7, 11) is 3.49.